The molecule has 10 nitrogen and oxygen atoms in total. The minimum atomic E-state index is -0.588. The van der Waals surface area contributed by atoms with E-state index in [0.29, 0.717) is 46.9 Å². The van der Waals surface area contributed by atoms with Crippen molar-refractivity contribution in [3.63, 3.8) is 0 Å². The van der Waals surface area contributed by atoms with Gasteiger partial charge in [0.25, 0.3) is 0 Å². The number of carbonyl (C=O) groups is 2. The highest BCUT2D eigenvalue weighted by molar-refractivity contribution is 14.1. The van der Waals surface area contributed by atoms with E-state index in [0.717, 1.165) is 12.8 Å². The molecule has 12 heteroatoms. The Labute approximate surface area is 214 Å². The van der Waals surface area contributed by atoms with Crippen molar-refractivity contribution in [1.82, 2.24) is 25.5 Å². The van der Waals surface area contributed by atoms with Crippen LogP contribution in [0.15, 0.2) is 40.3 Å². The second-order valence-corrected chi connectivity index (χ2v) is 10.9. The van der Waals surface area contributed by atoms with Crippen LogP contribution in [-0.2, 0) is 4.79 Å². The molecule has 0 bridgehead atoms. The van der Waals surface area contributed by atoms with E-state index < -0.39 is 5.91 Å². The van der Waals surface area contributed by atoms with E-state index in [-0.39, 0.29) is 28.8 Å². The first-order chi connectivity index (χ1) is 16.3. The molecule has 5 rings (SSSR count). The Morgan fingerprint density at radius 3 is 2.76 bits per heavy atom. The quantitative estimate of drug-likeness (QED) is 0.382. The summed E-state index contributed by atoms with van der Waals surface area (Å²) in [6, 6.07) is 0. The molecular formula is C22H25IN8O2S. The van der Waals surface area contributed by atoms with Gasteiger partial charge in [0.15, 0.2) is 23.3 Å². The molecule has 4 aliphatic rings. The third-order valence-corrected chi connectivity index (χ3v) is 8.61. The van der Waals surface area contributed by atoms with Crippen molar-refractivity contribution in [3.8, 4) is 0 Å². The monoisotopic (exact) mass is 592 g/mol. The van der Waals surface area contributed by atoms with Gasteiger partial charge in [-0.3, -0.25) is 9.59 Å². The zero-order valence-corrected chi connectivity index (χ0v) is 21.3. The van der Waals surface area contributed by atoms with Crippen LogP contribution in [0.3, 0.4) is 0 Å². The van der Waals surface area contributed by atoms with Gasteiger partial charge in [0, 0.05) is 37.2 Å². The number of thioether (sulfide) groups is 1. The van der Waals surface area contributed by atoms with Crippen molar-refractivity contribution >= 4 is 63.8 Å². The molecule has 2 unspecified atom stereocenters. The molecule has 6 N–H and O–H groups in total. The molecule has 178 valence electrons. The number of nitrogen functional groups attached to an aromatic ring is 2. The molecular weight excluding hydrogens is 567 g/mol. The number of allylic oxidation sites excluding steroid dienone is 3. The lowest BCUT2D eigenvalue weighted by atomic mass is 9.87. The molecule has 2 fully saturated rings. The molecule has 4 heterocycles. The fraction of sp³-hybridized carbons (Fsp3) is 0.409. The molecule has 2 amide bonds. The minimum Gasteiger partial charge on any atom is -0.382 e. The van der Waals surface area contributed by atoms with Crippen molar-refractivity contribution in [3.05, 3.63) is 44.7 Å². The predicted octanol–water partition coefficient (Wildman–Crippen LogP) is 1.43. The van der Waals surface area contributed by atoms with Gasteiger partial charge < -0.3 is 27.0 Å². The Balaban J connectivity index is 1.17. The van der Waals surface area contributed by atoms with Crippen LogP contribution >= 0.6 is 34.4 Å². The number of amides is 2. The normalized spacial score (nSPS) is 25.7. The lowest BCUT2D eigenvalue weighted by molar-refractivity contribution is -0.132. The van der Waals surface area contributed by atoms with Gasteiger partial charge in [0.1, 0.15) is 3.70 Å². The predicted molar refractivity (Wildman–Crippen MR) is 141 cm³/mol. The Morgan fingerprint density at radius 1 is 1.21 bits per heavy atom. The van der Waals surface area contributed by atoms with Gasteiger partial charge in [-0.25, -0.2) is 9.97 Å². The smallest absolute Gasteiger partial charge is 0.302 e. The summed E-state index contributed by atoms with van der Waals surface area (Å²) in [4.78, 5) is 39.7. The number of nitrogens with one attached hydrogen (secondary N) is 2. The molecule has 1 spiro atoms. The van der Waals surface area contributed by atoms with Gasteiger partial charge in [-0.05, 0) is 46.4 Å². The maximum Gasteiger partial charge on any atom is 0.302 e. The van der Waals surface area contributed by atoms with Crippen LogP contribution in [0.25, 0.3) is 0 Å². The van der Waals surface area contributed by atoms with E-state index in [9.17, 15) is 9.59 Å². The number of likely N-dealkylation sites (tertiary alicyclic amines) is 1. The summed E-state index contributed by atoms with van der Waals surface area (Å²) >= 11 is 3.69. The summed E-state index contributed by atoms with van der Waals surface area (Å²) in [5.41, 5.74) is 12.4. The number of carbonyl (C=O) groups excluding carboxylic acids is 2. The lowest BCUT2D eigenvalue weighted by Gasteiger charge is -2.39. The maximum atomic E-state index is 13.0. The van der Waals surface area contributed by atoms with Crippen molar-refractivity contribution in [2.75, 3.05) is 31.1 Å². The molecule has 34 heavy (non-hydrogen) atoms. The summed E-state index contributed by atoms with van der Waals surface area (Å²) in [6.07, 6.45) is 10.5. The molecule has 0 aromatic carbocycles. The fourth-order valence-electron chi connectivity index (χ4n) is 4.64. The van der Waals surface area contributed by atoms with Gasteiger partial charge in [-0.15, -0.1) is 11.8 Å². The highest BCUT2D eigenvalue weighted by Crippen LogP contribution is 2.41. The van der Waals surface area contributed by atoms with Crippen LogP contribution in [0.5, 0.6) is 0 Å². The zero-order chi connectivity index (χ0) is 23.9. The fourth-order valence-corrected chi connectivity index (χ4v) is 6.19. The van der Waals surface area contributed by atoms with Crippen LogP contribution in [0.4, 0.5) is 11.6 Å². The van der Waals surface area contributed by atoms with Crippen molar-refractivity contribution < 1.29 is 9.59 Å². The summed E-state index contributed by atoms with van der Waals surface area (Å²) in [5, 5.41) is 9.10. The zero-order valence-electron chi connectivity index (χ0n) is 18.3. The Hall–Kier alpha value is -2.61. The van der Waals surface area contributed by atoms with Gasteiger partial charge in [0.2, 0.25) is 5.91 Å². The van der Waals surface area contributed by atoms with E-state index in [2.05, 4.69) is 55.3 Å². The topological polar surface area (TPSA) is 152 Å². The number of nitrogens with two attached hydrogens (primary N) is 2. The number of aromatic nitrogens is 2. The molecule has 0 saturated carbocycles. The Morgan fingerprint density at radius 2 is 1.97 bits per heavy atom. The number of nitrogens with zero attached hydrogens (tertiary/aromatic N) is 4. The molecule has 1 aromatic rings. The van der Waals surface area contributed by atoms with Crippen LogP contribution in [0.2, 0.25) is 0 Å². The molecule has 1 aromatic heterocycles. The Bertz CT molecular complexity index is 1160. The first-order valence-corrected chi connectivity index (χ1v) is 13.1. The van der Waals surface area contributed by atoms with Gasteiger partial charge in [-0.1, -0.05) is 24.3 Å². The number of fused-ring (bicyclic) bond motifs is 1. The molecule has 2 saturated heterocycles. The first kappa shape index (κ1) is 23.1. The van der Waals surface area contributed by atoms with Gasteiger partial charge in [-0.2, -0.15) is 4.99 Å². The van der Waals surface area contributed by atoms with Gasteiger partial charge in [0.05, 0.1) is 5.54 Å². The molecule has 0 radical (unpaired) electrons. The highest BCUT2D eigenvalue weighted by Gasteiger charge is 2.41. The maximum absolute atomic E-state index is 13.0. The van der Waals surface area contributed by atoms with Crippen LogP contribution < -0.4 is 22.1 Å². The Kier molecular flexibility index (Phi) is 6.27. The van der Waals surface area contributed by atoms with E-state index in [1.165, 1.54) is 5.57 Å². The third kappa shape index (κ3) is 4.52. The van der Waals surface area contributed by atoms with Gasteiger partial charge >= 0.3 is 5.91 Å². The van der Waals surface area contributed by atoms with Crippen LogP contribution in [0.1, 0.15) is 29.8 Å². The summed E-state index contributed by atoms with van der Waals surface area (Å²) in [7, 11) is 0. The number of guanidine groups is 1. The number of hydrogen-bond acceptors (Lipinski definition) is 7. The van der Waals surface area contributed by atoms with E-state index in [1.54, 1.807) is 11.8 Å². The SMILES string of the molecule is Nc1nc(N)c(C(=O)/N=C2\NCC3(CCN(C(=O)CC4=CSC5C=CC=CC45)CC3)N2)nc1I. The molecule has 2 atom stereocenters. The third-order valence-electron chi connectivity index (χ3n) is 6.62. The summed E-state index contributed by atoms with van der Waals surface area (Å²) < 4.78 is 0.398. The van der Waals surface area contributed by atoms with Crippen molar-refractivity contribution in [1.29, 1.82) is 0 Å². The first-order valence-electron chi connectivity index (χ1n) is 11.0. The number of aliphatic imine (C=N–C) groups is 1. The van der Waals surface area contributed by atoms with Crippen molar-refractivity contribution in [2.24, 2.45) is 10.9 Å². The number of hydrogen-bond donors (Lipinski definition) is 4. The highest BCUT2D eigenvalue weighted by atomic mass is 127. The largest absolute Gasteiger partial charge is 0.382 e. The van der Waals surface area contributed by atoms with E-state index in [1.807, 2.05) is 27.5 Å². The van der Waals surface area contributed by atoms with Crippen LogP contribution in [0, 0.1) is 9.62 Å². The summed E-state index contributed by atoms with van der Waals surface area (Å²) in [5.74, 6) is 0.426. The minimum absolute atomic E-state index is 0.0269. The molecule has 3 aliphatic heterocycles. The average molecular weight is 592 g/mol. The number of piperidine rings is 1. The summed E-state index contributed by atoms with van der Waals surface area (Å²) in [6.45, 7) is 1.95. The number of anilines is 2. The number of halogens is 1. The number of rotatable bonds is 3. The van der Waals surface area contributed by atoms with E-state index >= 15 is 0 Å². The second-order valence-electron chi connectivity index (χ2n) is 8.80. The average Bonchev–Trinajstić information content (AvgIpc) is 3.41. The van der Waals surface area contributed by atoms with Crippen LogP contribution in [-0.4, -0.2) is 63.1 Å². The lowest BCUT2D eigenvalue weighted by Crippen LogP contribution is -2.53. The van der Waals surface area contributed by atoms with Crippen molar-refractivity contribution in [2.45, 2.75) is 30.1 Å². The van der Waals surface area contributed by atoms with E-state index in [4.69, 9.17) is 11.5 Å². The standard InChI is InChI=1S/C22H25IN8O2S/c23-17-19(25)28-18(24)16(27-17)20(33)29-21-26-11-22(30-21)5-7-31(8-6-22)15(32)9-12-10-34-14-4-2-1-3-13(12)14/h1-4,10,13-14H,5-9,11H2,(H4,24,25,28)(H2,26,29,30,33). The molecule has 1 aliphatic carbocycles. The second kappa shape index (κ2) is 9.21.